The molecule has 4 nitrogen and oxygen atoms in total. The molecule has 0 atom stereocenters. The van der Waals surface area contributed by atoms with E-state index >= 15 is 0 Å². The number of fused-ring (bicyclic) bond motifs is 1. The van der Waals surface area contributed by atoms with Crippen molar-refractivity contribution in [2.45, 2.75) is 25.7 Å². The number of likely N-dealkylation sites (N-methyl/N-ethyl adjacent to an activating group) is 1. The molecule has 24 heavy (non-hydrogen) atoms. The Morgan fingerprint density at radius 3 is 2.62 bits per heavy atom. The van der Waals surface area contributed by atoms with E-state index in [1.54, 1.807) is 4.90 Å². The molecule has 1 aromatic heterocycles. The summed E-state index contributed by atoms with van der Waals surface area (Å²) in [5.74, 6) is -1.25. The van der Waals surface area contributed by atoms with E-state index in [1.165, 1.54) is 17.4 Å². The van der Waals surface area contributed by atoms with Crippen LogP contribution in [0.1, 0.15) is 25.7 Å². The normalized spacial score (nSPS) is 15.5. The highest BCUT2D eigenvalue weighted by Crippen LogP contribution is 2.34. The number of aromatic nitrogens is 1. The molecule has 1 heterocycles. The van der Waals surface area contributed by atoms with Gasteiger partial charge in [-0.25, -0.2) is 13.8 Å². The van der Waals surface area contributed by atoms with E-state index < -0.39 is 11.6 Å². The topological polar surface area (TPSA) is 36.4 Å². The van der Waals surface area contributed by atoms with Crippen LogP contribution in [0.15, 0.2) is 12.1 Å². The molecule has 0 unspecified atom stereocenters. The number of nitrogens with zero attached hydrogens (tertiary/aromatic N) is 3. The lowest BCUT2D eigenvalue weighted by atomic mass is 10.1. The van der Waals surface area contributed by atoms with Crippen LogP contribution in [0, 0.1) is 17.6 Å². The zero-order valence-corrected chi connectivity index (χ0v) is 14.7. The van der Waals surface area contributed by atoms with Crippen molar-refractivity contribution in [3.63, 3.8) is 0 Å². The van der Waals surface area contributed by atoms with Gasteiger partial charge in [-0.15, -0.1) is 0 Å². The lowest BCUT2D eigenvalue weighted by Crippen LogP contribution is -2.39. The minimum absolute atomic E-state index is 0.0146. The standard InChI is InChI=1S/C17H21F2N3OS/c1-21(2)7-8-22(16(23)11-5-3-4-6-11)17-20-15-13(19)9-12(18)10-14(15)24-17/h9-11H,3-8H2,1-2H3. The van der Waals surface area contributed by atoms with Gasteiger partial charge in [0.1, 0.15) is 11.3 Å². The van der Waals surface area contributed by atoms with Crippen molar-refractivity contribution in [3.05, 3.63) is 23.8 Å². The molecule has 7 heteroatoms. The van der Waals surface area contributed by atoms with Gasteiger partial charge in [0.25, 0.3) is 0 Å². The Hall–Kier alpha value is -1.60. The maximum absolute atomic E-state index is 13.9. The Balaban J connectivity index is 1.94. The monoisotopic (exact) mass is 353 g/mol. The van der Waals surface area contributed by atoms with Crippen molar-refractivity contribution in [1.82, 2.24) is 9.88 Å². The van der Waals surface area contributed by atoms with Gasteiger partial charge in [0.2, 0.25) is 5.91 Å². The van der Waals surface area contributed by atoms with Crippen molar-refractivity contribution in [1.29, 1.82) is 0 Å². The van der Waals surface area contributed by atoms with Crippen LogP contribution in [0.25, 0.3) is 10.2 Å². The van der Waals surface area contributed by atoms with E-state index in [4.69, 9.17) is 0 Å². The molecule has 1 aromatic carbocycles. The van der Waals surface area contributed by atoms with Gasteiger partial charge in [0, 0.05) is 25.1 Å². The molecule has 1 saturated carbocycles. The molecule has 2 aromatic rings. The SMILES string of the molecule is CN(C)CCN(C(=O)C1CCCC1)c1nc2c(F)cc(F)cc2s1. The lowest BCUT2D eigenvalue weighted by molar-refractivity contribution is -0.122. The van der Waals surface area contributed by atoms with Gasteiger partial charge >= 0.3 is 0 Å². The van der Waals surface area contributed by atoms with Crippen molar-refractivity contribution in [2.24, 2.45) is 5.92 Å². The molecular formula is C17H21F2N3OS. The largest absolute Gasteiger partial charge is 0.308 e. The number of halogens is 2. The number of anilines is 1. The second kappa shape index (κ2) is 7.11. The molecule has 0 spiro atoms. The highest BCUT2D eigenvalue weighted by atomic mass is 32.1. The van der Waals surface area contributed by atoms with Gasteiger partial charge in [-0.05, 0) is 33.0 Å². The van der Waals surface area contributed by atoms with Crippen molar-refractivity contribution < 1.29 is 13.6 Å². The van der Waals surface area contributed by atoms with Gasteiger partial charge < -0.3 is 4.90 Å². The number of rotatable bonds is 5. The van der Waals surface area contributed by atoms with Crippen molar-refractivity contribution in [3.8, 4) is 0 Å². The maximum Gasteiger partial charge on any atom is 0.231 e. The van der Waals surface area contributed by atoms with E-state index in [1.807, 2.05) is 19.0 Å². The Bertz CT molecular complexity index is 741. The summed E-state index contributed by atoms with van der Waals surface area (Å²) in [6, 6.07) is 2.10. The molecular weight excluding hydrogens is 332 g/mol. The van der Waals surface area contributed by atoms with Gasteiger partial charge in [-0.1, -0.05) is 24.2 Å². The smallest absolute Gasteiger partial charge is 0.231 e. The summed E-state index contributed by atoms with van der Waals surface area (Å²) in [5, 5.41) is 0.452. The summed E-state index contributed by atoms with van der Waals surface area (Å²) in [6.45, 7) is 1.18. The van der Waals surface area contributed by atoms with Crippen molar-refractivity contribution >= 4 is 32.6 Å². The summed E-state index contributed by atoms with van der Waals surface area (Å²) < 4.78 is 27.8. The summed E-state index contributed by atoms with van der Waals surface area (Å²) >= 11 is 1.17. The quantitative estimate of drug-likeness (QED) is 0.823. The molecule has 3 rings (SSSR count). The third-order valence-corrected chi connectivity index (χ3v) is 5.40. The Morgan fingerprint density at radius 2 is 1.96 bits per heavy atom. The first kappa shape index (κ1) is 17.2. The van der Waals surface area contributed by atoms with Crippen LogP contribution in [0.2, 0.25) is 0 Å². The van der Waals surface area contributed by atoms with Crippen LogP contribution >= 0.6 is 11.3 Å². The molecule has 1 aliphatic carbocycles. The number of amides is 1. The number of hydrogen-bond acceptors (Lipinski definition) is 4. The Labute approximate surface area is 144 Å². The van der Waals surface area contributed by atoms with Crippen molar-refractivity contribution in [2.75, 3.05) is 32.1 Å². The van der Waals surface area contributed by atoms with E-state index in [-0.39, 0.29) is 17.3 Å². The average Bonchev–Trinajstić information content (AvgIpc) is 3.16. The molecule has 130 valence electrons. The fourth-order valence-corrected chi connectivity index (χ4v) is 4.09. The number of carbonyl (C=O) groups excluding carboxylic acids is 1. The minimum atomic E-state index is -0.687. The Kier molecular flexibility index (Phi) is 5.10. The van der Waals surface area contributed by atoms with Crippen LogP contribution in [0.3, 0.4) is 0 Å². The molecule has 0 aliphatic heterocycles. The highest BCUT2D eigenvalue weighted by molar-refractivity contribution is 7.22. The number of hydrogen-bond donors (Lipinski definition) is 0. The van der Waals surface area contributed by atoms with Crippen LogP contribution < -0.4 is 4.90 Å². The first-order valence-electron chi connectivity index (χ1n) is 8.17. The highest BCUT2D eigenvalue weighted by Gasteiger charge is 2.30. The first-order valence-corrected chi connectivity index (χ1v) is 8.99. The summed E-state index contributed by atoms with van der Waals surface area (Å²) in [5.41, 5.74) is 0.130. The summed E-state index contributed by atoms with van der Waals surface area (Å²) in [7, 11) is 3.87. The van der Waals surface area contributed by atoms with Crippen LogP contribution in [0.5, 0.6) is 0 Å². The molecule has 0 bridgehead atoms. The van der Waals surface area contributed by atoms with Gasteiger partial charge in [-0.3, -0.25) is 9.69 Å². The first-order chi connectivity index (χ1) is 11.5. The third-order valence-electron chi connectivity index (χ3n) is 4.37. The third kappa shape index (κ3) is 3.57. The maximum atomic E-state index is 13.9. The molecule has 1 aliphatic rings. The van der Waals surface area contributed by atoms with E-state index in [0.29, 0.717) is 22.9 Å². The predicted molar refractivity (Wildman–Crippen MR) is 92.4 cm³/mol. The van der Waals surface area contributed by atoms with Gasteiger partial charge in [0.15, 0.2) is 10.9 Å². The molecule has 0 radical (unpaired) electrons. The number of carbonyl (C=O) groups is 1. The molecule has 0 saturated heterocycles. The lowest BCUT2D eigenvalue weighted by Gasteiger charge is -2.24. The molecule has 1 amide bonds. The van der Waals surface area contributed by atoms with Crippen LogP contribution in [0.4, 0.5) is 13.9 Å². The number of thiazole rings is 1. The second-order valence-corrected chi connectivity index (χ2v) is 7.51. The van der Waals surface area contributed by atoms with E-state index in [9.17, 15) is 13.6 Å². The molecule has 0 N–H and O–H groups in total. The fraction of sp³-hybridized carbons (Fsp3) is 0.529. The minimum Gasteiger partial charge on any atom is -0.308 e. The summed E-state index contributed by atoms with van der Waals surface area (Å²) in [4.78, 5) is 20.8. The van der Waals surface area contributed by atoms with Gasteiger partial charge in [0.05, 0.1) is 4.70 Å². The van der Waals surface area contributed by atoms with Crippen LogP contribution in [-0.4, -0.2) is 43.0 Å². The average molecular weight is 353 g/mol. The zero-order valence-electron chi connectivity index (χ0n) is 13.9. The second-order valence-electron chi connectivity index (χ2n) is 6.51. The molecule has 1 fully saturated rings. The van der Waals surface area contributed by atoms with Crippen LogP contribution in [-0.2, 0) is 4.79 Å². The van der Waals surface area contributed by atoms with Gasteiger partial charge in [-0.2, -0.15) is 0 Å². The Morgan fingerprint density at radius 1 is 1.25 bits per heavy atom. The fourth-order valence-electron chi connectivity index (χ4n) is 3.05. The predicted octanol–water partition coefficient (Wildman–Crippen LogP) is 3.66. The van der Waals surface area contributed by atoms with E-state index in [2.05, 4.69) is 4.98 Å². The number of benzene rings is 1. The van der Waals surface area contributed by atoms with E-state index in [0.717, 1.165) is 31.7 Å². The zero-order chi connectivity index (χ0) is 17.3. The summed E-state index contributed by atoms with van der Waals surface area (Å²) in [6.07, 6.45) is 3.92.